The van der Waals surface area contributed by atoms with Crippen LogP contribution < -0.4 is 5.32 Å². The maximum Gasteiger partial charge on any atom is 0.0832 e. The number of anilines is 2. The molecule has 0 spiro atoms. The van der Waals surface area contributed by atoms with Gasteiger partial charge in [-0.2, -0.15) is 0 Å². The van der Waals surface area contributed by atoms with Crippen molar-refractivity contribution in [2.45, 2.75) is 19.8 Å². The van der Waals surface area contributed by atoms with Crippen molar-refractivity contribution in [3.63, 3.8) is 0 Å². The van der Waals surface area contributed by atoms with E-state index in [2.05, 4.69) is 65.5 Å². The minimum Gasteiger partial charge on any atom is -0.355 e. The third-order valence-corrected chi connectivity index (χ3v) is 6.79. The van der Waals surface area contributed by atoms with E-state index in [1.54, 1.807) is 11.3 Å². The molecule has 0 aliphatic rings. The smallest absolute Gasteiger partial charge is 0.0832 e. The van der Waals surface area contributed by atoms with Crippen LogP contribution in [-0.4, -0.2) is 9.97 Å². The van der Waals surface area contributed by atoms with E-state index in [1.807, 2.05) is 29.1 Å². The number of fused-ring (bicyclic) bond motifs is 3. The number of nitrogens with zero attached hydrogens (tertiary/aromatic N) is 2. The molecule has 3 aromatic heterocycles. The van der Waals surface area contributed by atoms with E-state index in [9.17, 15) is 0 Å². The lowest BCUT2D eigenvalue weighted by Crippen LogP contribution is -1.92. The molecule has 2 aromatic carbocycles. The summed E-state index contributed by atoms with van der Waals surface area (Å²) in [5.41, 5.74) is 6.05. The minimum absolute atomic E-state index is 0.547. The number of thiazole rings is 1. The third kappa shape index (κ3) is 2.64. The number of thiophene rings is 1. The van der Waals surface area contributed by atoms with E-state index < -0.39 is 0 Å². The summed E-state index contributed by atoms with van der Waals surface area (Å²) in [5, 5.41) is 5.98. The molecule has 3 nitrogen and oxygen atoms in total. The Balaban J connectivity index is 1.63. The summed E-state index contributed by atoms with van der Waals surface area (Å²) in [5.74, 6) is 0.547. The summed E-state index contributed by atoms with van der Waals surface area (Å²) in [6.45, 7) is 4.48. The van der Waals surface area contributed by atoms with Crippen LogP contribution in [0.15, 0.2) is 54.2 Å². The summed E-state index contributed by atoms with van der Waals surface area (Å²) in [6.07, 6.45) is 1.87. The Labute approximate surface area is 159 Å². The van der Waals surface area contributed by atoms with Crippen molar-refractivity contribution < 1.29 is 0 Å². The maximum atomic E-state index is 4.58. The van der Waals surface area contributed by atoms with E-state index in [0.717, 1.165) is 27.8 Å². The summed E-state index contributed by atoms with van der Waals surface area (Å²) >= 11 is 3.54. The van der Waals surface area contributed by atoms with Gasteiger partial charge in [0, 0.05) is 32.5 Å². The van der Waals surface area contributed by atoms with Gasteiger partial charge >= 0.3 is 0 Å². The second kappa shape index (κ2) is 6.04. The molecule has 0 bridgehead atoms. The molecule has 26 heavy (non-hydrogen) atoms. The van der Waals surface area contributed by atoms with E-state index >= 15 is 0 Å². The van der Waals surface area contributed by atoms with Gasteiger partial charge in [0.1, 0.15) is 0 Å². The molecular formula is C21H17N3S2. The first kappa shape index (κ1) is 15.7. The Morgan fingerprint density at radius 2 is 1.85 bits per heavy atom. The standard InChI is InChI=1S/C21H17N3S2/c1-12(2)20-8-13-7-17-15(10-21(13)26-20)16(5-6-22-17)24-14-3-4-19-18(9-14)23-11-25-19/h3-12H,1-2H3,(H,22,24). The van der Waals surface area contributed by atoms with Crippen LogP contribution in [0.25, 0.3) is 31.2 Å². The van der Waals surface area contributed by atoms with Gasteiger partial charge in [0.25, 0.3) is 0 Å². The van der Waals surface area contributed by atoms with E-state index in [0.29, 0.717) is 5.92 Å². The predicted octanol–water partition coefficient (Wildman–Crippen LogP) is 6.93. The first-order valence-corrected chi connectivity index (χ1v) is 10.3. The monoisotopic (exact) mass is 375 g/mol. The molecule has 0 unspecified atom stereocenters. The molecule has 0 atom stereocenters. The van der Waals surface area contributed by atoms with Gasteiger partial charge < -0.3 is 5.32 Å². The molecule has 0 fully saturated rings. The fourth-order valence-electron chi connectivity index (χ4n) is 3.18. The molecule has 0 saturated heterocycles. The van der Waals surface area contributed by atoms with Gasteiger partial charge in [-0.05, 0) is 53.8 Å². The van der Waals surface area contributed by atoms with Gasteiger partial charge in [-0.1, -0.05) is 13.8 Å². The average molecular weight is 376 g/mol. The number of nitrogens with one attached hydrogen (secondary N) is 1. The lowest BCUT2D eigenvalue weighted by Gasteiger charge is -2.09. The van der Waals surface area contributed by atoms with Crippen molar-refractivity contribution in [1.82, 2.24) is 9.97 Å². The van der Waals surface area contributed by atoms with Crippen LogP contribution in [0.2, 0.25) is 0 Å². The van der Waals surface area contributed by atoms with Gasteiger partial charge in [0.15, 0.2) is 0 Å². The van der Waals surface area contributed by atoms with Gasteiger partial charge in [-0.15, -0.1) is 22.7 Å². The highest BCUT2D eigenvalue weighted by molar-refractivity contribution is 7.19. The fourth-order valence-corrected chi connectivity index (χ4v) is 4.93. The zero-order valence-corrected chi connectivity index (χ0v) is 16.1. The van der Waals surface area contributed by atoms with Crippen LogP contribution in [-0.2, 0) is 0 Å². The number of benzene rings is 2. The Kier molecular flexibility index (Phi) is 3.65. The molecule has 0 radical (unpaired) electrons. The van der Waals surface area contributed by atoms with Crippen molar-refractivity contribution in [2.75, 3.05) is 5.32 Å². The Hall–Kier alpha value is -2.50. The zero-order chi connectivity index (χ0) is 17.7. The molecule has 5 heteroatoms. The quantitative estimate of drug-likeness (QED) is 0.372. The predicted molar refractivity (Wildman–Crippen MR) is 114 cm³/mol. The first-order valence-electron chi connectivity index (χ1n) is 8.60. The highest BCUT2D eigenvalue weighted by Gasteiger charge is 2.10. The van der Waals surface area contributed by atoms with Gasteiger partial charge in [-0.3, -0.25) is 4.98 Å². The Morgan fingerprint density at radius 3 is 2.73 bits per heavy atom. The molecule has 5 aromatic rings. The van der Waals surface area contributed by atoms with Gasteiger partial charge in [0.2, 0.25) is 0 Å². The molecular weight excluding hydrogens is 358 g/mol. The molecule has 1 N–H and O–H groups in total. The van der Waals surface area contributed by atoms with Gasteiger partial charge in [0.05, 0.1) is 21.2 Å². The summed E-state index contributed by atoms with van der Waals surface area (Å²) in [6, 6.07) is 15.1. The van der Waals surface area contributed by atoms with Crippen LogP contribution in [0.4, 0.5) is 11.4 Å². The van der Waals surface area contributed by atoms with Gasteiger partial charge in [-0.25, -0.2) is 4.98 Å². The molecule has 0 aliphatic heterocycles. The van der Waals surface area contributed by atoms with Crippen LogP contribution in [0.5, 0.6) is 0 Å². The number of hydrogen-bond acceptors (Lipinski definition) is 5. The van der Waals surface area contributed by atoms with E-state index in [4.69, 9.17) is 0 Å². The molecule has 0 amide bonds. The van der Waals surface area contributed by atoms with Crippen molar-refractivity contribution in [3.8, 4) is 0 Å². The maximum absolute atomic E-state index is 4.58. The highest BCUT2D eigenvalue weighted by atomic mass is 32.1. The SMILES string of the molecule is CC(C)c1cc2cc3nccc(Nc4ccc5scnc5c4)c3cc2s1. The number of aromatic nitrogens is 2. The third-order valence-electron chi connectivity index (χ3n) is 4.58. The molecule has 3 heterocycles. The zero-order valence-electron chi connectivity index (χ0n) is 14.5. The van der Waals surface area contributed by atoms with Crippen molar-refractivity contribution in [2.24, 2.45) is 0 Å². The van der Waals surface area contributed by atoms with E-state index in [-0.39, 0.29) is 0 Å². The molecule has 5 rings (SSSR count). The number of rotatable bonds is 3. The Morgan fingerprint density at radius 1 is 0.923 bits per heavy atom. The topological polar surface area (TPSA) is 37.8 Å². The van der Waals surface area contributed by atoms with Crippen molar-refractivity contribution >= 4 is 65.3 Å². The normalized spacial score (nSPS) is 11.8. The average Bonchev–Trinajstić information content (AvgIpc) is 3.26. The van der Waals surface area contributed by atoms with Crippen molar-refractivity contribution in [1.29, 1.82) is 0 Å². The molecule has 128 valence electrons. The molecule has 0 aliphatic carbocycles. The highest BCUT2D eigenvalue weighted by Crippen LogP contribution is 2.36. The van der Waals surface area contributed by atoms with E-state index in [1.165, 1.54) is 19.7 Å². The largest absolute Gasteiger partial charge is 0.355 e. The first-order chi connectivity index (χ1) is 12.7. The lowest BCUT2D eigenvalue weighted by atomic mass is 10.1. The minimum atomic E-state index is 0.547. The lowest BCUT2D eigenvalue weighted by molar-refractivity contribution is 0.890. The Bertz CT molecular complexity index is 1250. The number of pyridine rings is 1. The van der Waals surface area contributed by atoms with Crippen LogP contribution in [0, 0.1) is 0 Å². The second-order valence-corrected chi connectivity index (χ2v) is 8.73. The van der Waals surface area contributed by atoms with Crippen molar-refractivity contribution in [3.05, 3.63) is 59.0 Å². The number of hydrogen-bond donors (Lipinski definition) is 1. The summed E-state index contributed by atoms with van der Waals surface area (Å²) < 4.78 is 2.52. The van der Waals surface area contributed by atoms with Crippen LogP contribution in [0.1, 0.15) is 24.6 Å². The molecule has 0 saturated carbocycles. The van der Waals surface area contributed by atoms with Crippen LogP contribution >= 0.6 is 22.7 Å². The summed E-state index contributed by atoms with van der Waals surface area (Å²) in [4.78, 5) is 10.4. The van der Waals surface area contributed by atoms with Crippen LogP contribution in [0.3, 0.4) is 0 Å². The fraction of sp³-hybridized carbons (Fsp3) is 0.143. The second-order valence-electron chi connectivity index (χ2n) is 6.73. The summed E-state index contributed by atoms with van der Waals surface area (Å²) in [7, 11) is 0.